The molecule has 0 saturated carbocycles. The van der Waals surface area contributed by atoms with Gasteiger partial charge in [-0.15, -0.1) is 0 Å². The van der Waals surface area contributed by atoms with Crippen molar-refractivity contribution in [3.05, 3.63) is 43.0 Å². The van der Waals surface area contributed by atoms with Gasteiger partial charge in [-0.05, 0) is 61.3 Å². The molecule has 0 fully saturated rings. The van der Waals surface area contributed by atoms with E-state index in [4.69, 9.17) is 0 Å². The van der Waals surface area contributed by atoms with E-state index >= 15 is 0 Å². The molecule has 0 bridgehead atoms. The Labute approximate surface area is 110 Å². The van der Waals surface area contributed by atoms with E-state index < -0.39 is 11.1 Å². The normalized spacial score (nSPS) is 18.6. The molecule has 100 valence electrons. The average Bonchev–Trinajstić information content (AvgIpc) is 2.38. The minimum Gasteiger partial charge on any atom is -0.316 e. The molecule has 1 aliphatic carbocycles. The van der Waals surface area contributed by atoms with Crippen LogP contribution in [0.1, 0.15) is 35.6 Å². The molecule has 1 aromatic carbocycles. The highest BCUT2D eigenvalue weighted by molar-refractivity contribution is 5.84. The van der Waals surface area contributed by atoms with Crippen LogP contribution >= 0.6 is 0 Å². The van der Waals surface area contributed by atoms with Gasteiger partial charge in [-0.2, -0.15) is 0 Å². The number of hydrogen-bond acceptors (Lipinski definition) is 2. The van der Waals surface area contributed by atoms with Crippen molar-refractivity contribution in [3.63, 3.8) is 0 Å². The predicted octanol–water partition coefficient (Wildman–Crippen LogP) is 1.96. The van der Waals surface area contributed by atoms with E-state index in [9.17, 15) is 9.59 Å². The molecule has 3 rings (SSSR count). The highest BCUT2D eigenvalue weighted by Gasteiger charge is 2.22. The minimum atomic E-state index is -0.570. The Balaban J connectivity index is 2.48. The maximum Gasteiger partial charge on any atom is 0.314 e. The monoisotopic (exact) mass is 258 g/mol. The molecule has 0 saturated heterocycles. The highest BCUT2D eigenvalue weighted by atomic mass is 16.2. The Bertz CT molecular complexity index is 783. The number of benzene rings is 1. The molecule has 4 nitrogen and oxygen atoms in total. The summed E-state index contributed by atoms with van der Waals surface area (Å²) in [5.74, 6) is 0.678. The SMILES string of the molecule is Cc1c2c(c3[nH]c(=O)c(=O)[nH]c3c1C)CCC(C)C2. The van der Waals surface area contributed by atoms with E-state index in [1.807, 2.05) is 6.92 Å². The topological polar surface area (TPSA) is 65.7 Å². The van der Waals surface area contributed by atoms with Gasteiger partial charge in [-0.1, -0.05) is 6.92 Å². The number of fused-ring (bicyclic) bond motifs is 3. The zero-order valence-electron chi connectivity index (χ0n) is 11.5. The van der Waals surface area contributed by atoms with Gasteiger partial charge in [0.05, 0.1) is 11.0 Å². The number of aromatic nitrogens is 2. The number of aryl methyl sites for hydroxylation is 2. The number of rotatable bonds is 0. The van der Waals surface area contributed by atoms with Gasteiger partial charge in [0, 0.05) is 0 Å². The van der Waals surface area contributed by atoms with Crippen LogP contribution in [0.5, 0.6) is 0 Å². The van der Waals surface area contributed by atoms with Crippen molar-refractivity contribution in [3.8, 4) is 0 Å². The average molecular weight is 258 g/mol. The molecule has 0 amide bonds. The second-order valence-electron chi connectivity index (χ2n) is 5.71. The third-order valence-electron chi connectivity index (χ3n) is 4.43. The molecule has 1 aliphatic rings. The molecular formula is C15H18N2O2. The van der Waals surface area contributed by atoms with Crippen LogP contribution in [0.2, 0.25) is 0 Å². The van der Waals surface area contributed by atoms with Gasteiger partial charge in [-0.25, -0.2) is 0 Å². The fourth-order valence-electron chi connectivity index (χ4n) is 3.16. The zero-order valence-corrected chi connectivity index (χ0v) is 11.5. The lowest BCUT2D eigenvalue weighted by molar-refractivity contribution is 0.501. The first-order valence-electron chi connectivity index (χ1n) is 6.76. The first kappa shape index (κ1) is 12.2. The summed E-state index contributed by atoms with van der Waals surface area (Å²) in [6, 6.07) is 0. The second kappa shape index (κ2) is 4.08. The van der Waals surface area contributed by atoms with Crippen LogP contribution in [-0.2, 0) is 12.8 Å². The third-order valence-corrected chi connectivity index (χ3v) is 4.43. The smallest absolute Gasteiger partial charge is 0.314 e. The van der Waals surface area contributed by atoms with Crippen molar-refractivity contribution in [1.82, 2.24) is 9.97 Å². The van der Waals surface area contributed by atoms with E-state index in [2.05, 4.69) is 23.8 Å². The van der Waals surface area contributed by atoms with E-state index in [1.54, 1.807) is 0 Å². The van der Waals surface area contributed by atoms with E-state index in [1.165, 1.54) is 16.7 Å². The minimum absolute atomic E-state index is 0.559. The lowest BCUT2D eigenvalue weighted by Crippen LogP contribution is -2.30. The van der Waals surface area contributed by atoms with Crippen molar-refractivity contribution in [2.45, 2.75) is 40.0 Å². The van der Waals surface area contributed by atoms with E-state index in [-0.39, 0.29) is 0 Å². The van der Waals surface area contributed by atoms with Crippen LogP contribution in [0.25, 0.3) is 11.0 Å². The van der Waals surface area contributed by atoms with Crippen LogP contribution in [0, 0.1) is 19.8 Å². The number of aromatic amines is 2. The number of H-pyrrole nitrogens is 2. The molecule has 1 atom stereocenters. The molecule has 2 N–H and O–H groups in total. The first-order valence-corrected chi connectivity index (χ1v) is 6.76. The van der Waals surface area contributed by atoms with Crippen molar-refractivity contribution in [2.24, 2.45) is 5.92 Å². The lowest BCUT2D eigenvalue weighted by atomic mass is 9.80. The Kier molecular flexibility index (Phi) is 2.62. The molecule has 0 spiro atoms. The van der Waals surface area contributed by atoms with Gasteiger partial charge in [0.25, 0.3) is 0 Å². The molecule has 19 heavy (non-hydrogen) atoms. The van der Waals surface area contributed by atoms with Crippen LogP contribution < -0.4 is 11.1 Å². The fourth-order valence-corrected chi connectivity index (χ4v) is 3.16. The summed E-state index contributed by atoms with van der Waals surface area (Å²) in [7, 11) is 0. The van der Waals surface area contributed by atoms with Crippen molar-refractivity contribution in [2.75, 3.05) is 0 Å². The Morgan fingerprint density at radius 2 is 1.58 bits per heavy atom. The van der Waals surface area contributed by atoms with Gasteiger partial charge in [0.15, 0.2) is 0 Å². The Morgan fingerprint density at radius 3 is 2.26 bits per heavy atom. The molecule has 1 aromatic heterocycles. The summed E-state index contributed by atoms with van der Waals surface area (Å²) >= 11 is 0. The van der Waals surface area contributed by atoms with E-state index in [0.717, 1.165) is 35.9 Å². The van der Waals surface area contributed by atoms with Crippen LogP contribution in [-0.4, -0.2) is 9.97 Å². The van der Waals surface area contributed by atoms with Crippen molar-refractivity contribution >= 4 is 11.0 Å². The van der Waals surface area contributed by atoms with E-state index in [0.29, 0.717) is 5.92 Å². The third kappa shape index (κ3) is 1.74. The fraction of sp³-hybridized carbons (Fsp3) is 0.467. The standard InChI is InChI=1S/C15H18N2O2/c1-7-4-5-10-11(6-7)8(2)9(3)12-13(10)17-15(19)14(18)16-12/h7H,4-6H2,1-3H3,(H,16,18)(H,17,19). The summed E-state index contributed by atoms with van der Waals surface area (Å²) < 4.78 is 0. The van der Waals surface area contributed by atoms with Gasteiger partial charge in [-0.3, -0.25) is 9.59 Å². The Morgan fingerprint density at radius 1 is 0.947 bits per heavy atom. The molecule has 1 heterocycles. The van der Waals surface area contributed by atoms with Gasteiger partial charge < -0.3 is 9.97 Å². The zero-order chi connectivity index (χ0) is 13.7. The van der Waals surface area contributed by atoms with Crippen LogP contribution in [0.15, 0.2) is 9.59 Å². The largest absolute Gasteiger partial charge is 0.316 e. The summed E-state index contributed by atoms with van der Waals surface area (Å²) in [4.78, 5) is 28.6. The first-order chi connectivity index (χ1) is 8.99. The molecule has 0 aliphatic heterocycles. The van der Waals surface area contributed by atoms with Crippen LogP contribution in [0.4, 0.5) is 0 Å². The number of hydrogen-bond donors (Lipinski definition) is 2. The highest BCUT2D eigenvalue weighted by Crippen LogP contribution is 2.33. The van der Waals surface area contributed by atoms with Gasteiger partial charge in [0.2, 0.25) is 0 Å². The molecule has 1 unspecified atom stereocenters. The van der Waals surface area contributed by atoms with Gasteiger partial charge in [0.1, 0.15) is 0 Å². The Hall–Kier alpha value is -1.84. The summed E-state index contributed by atoms with van der Waals surface area (Å²) in [6.45, 7) is 6.37. The maximum absolute atomic E-state index is 11.6. The van der Waals surface area contributed by atoms with Gasteiger partial charge >= 0.3 is 11.1 Å². The van der Waals surface area contributed by atoms with Crippen LogP contribution in [0.3, 0.4) is 0 Å². The molecule has 0 radical (unpaired) electrons. The number of nitrogens with one attached hydrogen (secondary N) is 2. The predicted molar refractivity (Wildman–Crippen MR) is 75.9 cm³/mol. The quantitative estimate of drug-likeness (QED) is 0.709. The van der Waals surface area contributed by atoms with Crippen molar-refractivity contribution < 1.29 is 0 Å². The lowest BCUT2D eigenvalue weighted by Gasteiger charge is -2.26. The second-order valence-corrected chi connectivity index (χ2v) is 5.71. The summed E-state index contributed by atoms with van der Waals surface area (Å²) in [5.41, 5.74) is 5.37. The molecular weight excluding hydrogens is 240 g/mol. The molecule has 2 aromatic rings. The maximum atomic E-state index is 11.6. The summed E-state index contributed by atoms with van der Waals surface area (Å²) in [6.07, 6.45) is 3.15. The van der Waals surface area contributed by atoms with Crippen molar-refractivity contribution in [1.29, 1.82) is 0 Å². The summed E-state index contributed by atoms with van der Waals surface area (Å²) in [5, 5.41) is 0. The molecule has 4 heteroatoms.